The van der Waals surface area contributed by atoms with Gasteiger partial charge in [-0.1, -0.05) is 24.3 Å². The predicted molar refractivity (Wildman–Crippen MR) is 91.1 cm³/mol. The van der Waals surface area contributed by atoms with Gasteiger partial charge >= 0.3 is 0 Å². The van der Waals surface area contributed by atoms with Crippen LogP contribution in [-0.4, -0.2) is 14.2 Å². The fraction of sp³-hybridized carbons (Fsp3) is 0.333. The summed E-state index contributed by atoms with van der Waals surface area (Å²) >= 11 is 0. The number of methoxy groups -OCH3 is 2. The van der Waals surface area contributed by atoms with E-state index < -0.39 is 0 Å². The van der Waals surface area contributed by atoms with Crippen molar-refractivity contribution in [3.63, 3.8) is 0 Å². The summed E-state index contributed by atoms with van der Waals surface area (Å²) in [6.07, 6.45) is 1.71. The molecule has 5 heteroatoms. The van der Waals surface area contributed by atoms with Gasteiger partial charge in [-0.2, -0.15) is 0 Å². The topological polar surface area (TPSA) is 30.5 Å². The lowest BCUT2D eigenvalue weighted by molar-refractivity contribution is 0.349. The summed E-state index contributed by atoms with van der Waals surface area (Å²) in [4.78, 5) is 0. The number of para-hydroxylation sites is 1. The Bertz CT molecular complexity index is 678. The molecule has 2 aromatic carbocycles. The second-order valence-corrected chi connectivity index (χ2v) is 5.43. The van der Waals surface area contributed by atoms with Gasteiger partial charge in [0.15, 0.2) is 11.5 Å². The zero-order chi connectivity index (χ0) is 15.5. The second-order valence-electron chi connectivity index (χ2n) is 5.43. The lowest BCUT2D eigenvalue weighted by Crippen LogP contribution is -2.19. The lowest BCUT2D eigenvalue weighted by Gasteiger charge is -2.17. The molecular weight excluding hydrogens is 317 g/mol. The Kier molecular flexibility index (Phi) is 5.85. The molecule has 0 heterocycles. The highest BCUT2D eigenvalue weighted by molar-refractivity contribution is 5.85. The van der Waals surface area contributed by atoms with Crippen LogP contribution in [0.4, 0.5) is 4.39 Å². The Morgan fingerprint density at radius 2 is 1.91 bits per heavy atom. The SMILES string of the molecule is COc1cccc(CNC2CCc3c(F)cccc32)c1OC.Cl. The summed E-state index contributed by atoms with van der Waals surface area (Å²) in [5.41, 5.74) is 2.95. The smallest absolute Gasteiger partial charge is 0.165 e. The molecule has 1 aliphatic carbocycles. The first-order chi connectivity index (χ1) is 10.7. The molecule has 0 radical (unpaired) electrons. The van der Waals surface area contributed by atoms with Gasteiger partial charge in [-0.15, -0.1) is 12.4 Å². The first-order valence-electron chi connectivity index (χ1n) is 7.45. The van der Waals surface area contributed by atoms with E-state index in [0.717, 1.165) is 41.0 Å². The lowest BCUT2D eigenvalue weighted by atomic mass is 10.1. The molecule has 0 fully saturated rings. The van der Waals surface area contributed by atoms with Crippen LogP contribution in [0.2, 0.25) is 0 Å². The summed E-state index contributed by atoms with van der Waals surface area (Å²) in [5.74, 6) is 1.37. The minimum Gasteiger partial charge on any atom is -0.493 e. The number of rotatable bonds is 5. The van der Waals surface area contributed by atoms with Crippen LogP contribution in [0.3, 0.4) is 0 Å². The van der Waals surface area contributed by atoms with Crippen LogP contribution >= 0.6 is 12.4 Å². The third kappa shape index (κ3) is 3.43. The van der Waals surface area contributed by atoms with Gasteiger partial charge in [0.1, 0.15) is 5.82 Å². The van der Waals surface area contributed by atoms with Crippen molar-refractivity contribution in [1.82, 2.24) is 5.32 Å². The summed E-state index contributed by atoms with van der Waals surface area (Å²) in [7, 11) is 3.27. The molecule has 124 valence electrons. The zero-order valence-corrected chi connectivity index (χ0v) is 14.1. The molecule has 3 nitrogen and oxygen atoms in total. The van der Waals surface area contributed by atoms with Gasteiger partial charge in [0.05, 0.1) is 14.2 Å². The maximum atomic E-state index is 13.8. The standard InChI is InChI=1S/C18H20FNO2.ClH/c1-21-17-8-3-5-12(18(17)22-2)11-20-16-10-9-13-14(16)6-4-7-15(13)19;/h3-8,16,20H,9-11H2,1-2H3;1H. The van der Waals surface area contributed by atoms with Crippen molar-refractivity contribution in [1.29, 1.82) is 0 Å². The molecule has 1 N–H and O–H groups in total. The summed E-state index contributed by atoms with van der Waals surface area (Å²) < 4.78 is 24.5. The Labute approximate surface area is 142 Å². The number of halogens is 2. The number of fused-ring (bicyclic) bond motifs is 1. The van der Waals surface area contributed by atoms with Gasteiger partial charge < -0.3 is 14.8 Å². The maximum Gasteiger partial charge on any atom is 0.165 e. The van der Waals surface area contributed by atoms with Gasteiger partial charge in [-0.25, -0.2) is 4.39 Å². The molecule has 2 aromatic rings. The van der Waals surface area contributed by atoms with Crippen LogP contribution in [0.1, 0.15) is 29.2 Å². The quantitative estimate of drug-likeness (QED) is 0.893. The third-order valence-electron chi connectivity index (χ3n) is 4.24. The number of nitrogens with one attached hydrogen (secondary N) is 1. The molecular formula is C18H21ClFNO2. The zero-order valence-electron chi connectivity index (χ0n) is 13.3. The largest absolute Gasteiger partial charge is 0.493 e. The molecule has 0 amide bonds. The molecule has 3 rings (SSSR count). The highest BCUT2D eigenvalue weighted by Crippen LogP contribution is 2.34. The highest BCUT2D eigenvalue weighted by Gasteiger charge is 2.24. The minimum absolute atomic E-state index is 0. The molecule has 0 saturated heterocycles. The van der Waals surface area contributed by atoms with Crippen LogP contribution in [0, 0.1) is 5.82 Å². The highest BCUT2D eigenvalue weighted by atomic mass is 35.5. The van der Waals surface area contributed by atoms with E-state index >= 15 is 0 Å². The van der Waals surface area contributed by atoms with Crippen molar-refractivity contribution in [3.05, 3.63) is 58.9 Å². The van der Waals surface area contributed by atoms with Crippen molar-refractivity contribution in [2.75, 3.05) is 14.2 Å². The van der Waals surface area contributed by atoms with E-state index in [9.17, 15) is 4.39 Å². The van der Waals surface area contributed by atoms with Crippen LogP contribution in [0.25, 0.3) is 0 Å². The van der Waals surface area contributed by atoms with Crippen molar-refractivity contribution >= 4 is 12.4 Å². The monoisotopic (exact) mass is 337 g/mol. The Hall–Kier alpha value is -1.78. The number of hydrogen-bond donors (Lipinski definition) is 1. The fourth-order valence-electron chi connectivity index (χ4n) is 3.15. The van der Waals surface area contributed by atoms with E-state index in [1.165, 1.54) is 6.07 Å². The Morgan fingerprint density at radius 3 is 2.65 bits per heavy atom. The van der Waals surface area contributed by atoms with Crippen molar-refractivity contribution < 1.29 is 13.9 Å². The first-order valence-corrected chi connectivity index (χ1v) is 7.45. The van der Waals surface area contributed by atoms with E-state index in [1.54, 1.807) is 20.3 Å². The summed E-state index contributed by atoms with van der Waals surface area (Å²) in [6, 6.07) is 11.3. The van der Waals surface area contributed by atoms with Crippen LogP contribution < -0.4 is 14.8 Å². The molecule has 0 aliphatic heterocycles. The third-order valence-corrected chi connectivity index (χ3v) is 4.24. The van der Waals surface area contributed by atoms with Crippen LogP contribution in [0.15, 0.2) is 36.4 Å². The van der Waals surface area contributed by atoms with E-state index in [0.29, 0.717) is 6.54 Å². The first kappa shape index (κ1) is 17.6. The molecule has 0 saturated carbocycles. The molecule has 1 aliphatic rings. The normalized spacial score (nSPS) is 15.7. The summed E-state index contributed by atoms with van der Waals surface area (Å²) in [5, 5.41) is 3.51. The number of hydrogen-bond acceptors (Lipinski definition) is 3. The molecule has 1 atom stereocenters. The predicted octanol–water partition coefficient (Wildman–Crippen LogP) is 4.04. The van der Waals surface area contributed by atoms with E-state index in [1.807, 2.05) is 24.3 Å². The summed E-state index contributed by atoms with van der Waals surface area (Å²) in [6.45, 7) is 0.654. The van der Waals surface area contributed by atoms with Gasteiger partial charge in [-0.05, 0) is 36.1 Å². The minimum atomic E-state index is -0.0965. The average molecular weight is 338 g/mol. The van der Waals surface area contributed by atoms with E-state index in [-0.39, 0.29) is 24.3 Å². The van der Waals surface area contributed by atoms with Crippen LogP contribution in [0.5, 0.6) is 11.5 Å². The average Bonchev–Trinajstić information content (AvgIpc) is 2.97. The molecule has 0 bridgehead atoms. The molecule has 23 heavy (non-hydrogen) atoms. The van der Waals surface area contributed by atoms with Gasteiger partial charge in [0.25, 0.3) is 0 Å². The molecule has 0 aromatic heterocycles. The fourth-order valence-corrected chi connectivity index (χ4v) is 3.15. The van der Waals surface area contributed by atoms with Gasteiger partial charge in [0.2, 0.25) is 0 Å². The number of benzene rings is 2. The number of ether oxygens (including phenoxy) is 2. The van der Waals surface area contributed by atoms with Crippen LogP contribution in [-0.2, 0) is 13.0 Å². The van der Waals surface area contributed by atoms with E-state index in [2.05, 4.69) is 5.32 Å². The van der Waals surface area contributed by atoms with Gasteiger partial charge in [0, 0.05) is 18.2 Å². The Balaban J connectivity index is 0.00000192. The van der Waals surface area contributed by atoms with Crippen molar-refractivity contribution in [2.45, 2.75) is 25.4 Å². The molecule has 0 spiro atoms. The van der Waals surface area contributed by atoms with Crippen molar-refractivity contribution in [2.24, 2.45) is 0 Å². The van der Waals surface area contributed by atoms with E-state index in [4.69, 9.17) is 9.47 Å². The van der Waals surface area contributed by atoms with Gasteiger partial charge in [-0.3, -0.25) is 0 Å². The maximum absolute atomic E-state index is 13.8. The van der Waals surface area contributed by atoms with Crippen molar-refractivity contribution in [3.8, 4) is 11.5 Å². The second kappa shape index (κ2) is 7.66. The molecule has 1 unspecified atom stereocenters. The Morgan fingerprint density at radius 1 is 1.13 bits per heavy atom.